The van der Waals surface area contributed by atoms with Crippen LogP contribution in [0.15, 0.2) is 42.5 Å². The summed E-state index contributed by atoms with van der Waals surface area (Å²) in [4.78, 5) is 14.0. The molecule has 3 heteroatoms. The predicted molar refractivity (Wildman–Crippen MR) is 115 cm³/mol. The first kappa shape index (κ1) is 19.6. The van der Waals surface area contributed by atoms with E-state index in [-0.39, 0.29) is 6.03 Å². The van der Waals surface area contributed by atoms with Crippen LogP contribution in [0.1, 0.15) is 49.4 Å². The van der Waals surface area contributed by atoms with E-state index in [1.165, 1.54) is 0 Å². The van der Waals surface area contributed by atoms with Gasteiger partial charge in [-0.05, 0) is 55.2 Å². The lowest BCUT2D eigenvalue weighted by atomic mass is 9.77. The largest absolute Gasteiger partial charge is 0.322 e. The molecule has 1 aliphatic heterocycles. The molecule has 1 heterocycles. The number of urea groups is 1. The number of carbonyl (C=O) groups excluding carboxylic acids is 1. The van der Waals surface area contributed by atoms with E-state index in [0.29, 0.717) is 19.5 Å². The number of amides is 2. The minimum absolute atomic E-state index is 0.0586. The highest BCUT2D eigenvalue weighted by Gasteiger charge is 2.28. The molecule has 1 atom stereocenters. The summed E-state index contributed by atoms with van der Waals surface area (Å²) in [5, 5.41) is 2.99. The fourth-order valence-corrected chi connectivity index (χ4v) is 3.50. The third-order valence-corrected chi connectivity index (χ3v) is 5.23. The van der Waals surface area contributed by atoms with Gasteiger partial charge in [0, 0.05) is 30.8 Å². The molecular weight excluding hydrogens is 344 g/mol. The lowest BCUT2D eigenvalue weighted by Gasteiger charge is -2.31. The molecule has 1 N–H and O–H groups in total. The smallest absolute Gasteiger partial charge is 0.320 e. The summed E-state index contributed by atoms with van der Waals surface area (Å²) in [5.74, 6) is 9.28. The van der Waals surface area contributed by atoms with Crippen molar-refractivity contribution in [1.82, 2.24) is 4.90 Å². The van der Waals surface area contributed by atoms with Gasteiger partial charge < -0.3 is 10.2 Å². The molecule has 2 aromatic carbocycles. The highest BCUT2D eigenvalue weighted by atomic mass is 16.2. The Morgan fingerprint density at radius 1 is 1.21 bits per heavy atom. The number of nitrogens with one attached hydrogen (secondary N) is 1. The number of hydrogen-bond donors (Lipinski definition) is 1. The molecule has 0 spiro atoms. The molecule has 0 fully saturated rings. The molecule has 28 heavy (non-hydrogen) atoms. The van der Waals surface area contributed by atoms with E-state index in [0.717, 1.165) is 34.4 Å². The number of fused-ring (bicyclic) bond motifs is 1. The standard InChI is InChI=1S/C25H26N2O/c1-5-8-10-19-11-9-12-20(15-19)17-25(4,6-2)22-14-13-21-18-27(7-3)24(28)26-23(21)16-22/h2,9,11-16H,5,7,17-18H2,1,3-4H3,(H,26,28). The van der Waals surface area contributed by atoms with Crippen molar-refractivity contribution in [2.24, 2.45) is 0 Å². The van der Waals surface area contributed by atoms with Gasteiger partial charge in [0.1, 0.15) is 0 Å². The van der Waals surface area contributed by atoms with E-state index < -0.39 is 5.41 Å². The molecule has 0 bridgehead atoms. The van der Waals surface area contributed by atoms with Crippen LogP contribution in [0.5, 0.6) is 0 Å². The molecule has 0 saturated heterocycles. The topological polar surface area (TPSA) is 32.3 Å². The van der Waals surface area contributed by atoms with Crippen LogP contribution in [-0.2, 0) is 18.4 Å². The third-order valence-electron chi connectivity index (χ3n) is 5.23. The first-order valence-electron chi connectivity index (χ1n) is 9.74. The first-order valence-corrected chi connectivity index (χ1v) is 9.74. The lowest BCUT2D eigenvalue weighted by molar-refractivity contribution is 0.210. The van der Waals surface area contributed by atoms with Crippen LogP contribution in [0.25, 0.3) is 0 Å². The molecule has 0 aliphatic carbocycles. The molecular formula is C25H26N2O. The van der Waals surface area contributed by atoms with Crippen LogP contribution in [0.2, 0.25) is 0 Å². The van der Waals surface area contributed by atoms with Crippen molar-refractivity contribution in [2.45, 2.75) is 45.6 Å². The van der Waals surface area contributed by atoms with E-state index in [1.54, 1.807) is 4.90 Å². The van der Waals surface area contributed by atoms with Crippen LogP contribution in [0, 0.1) is 24.2 Å². The summed E-state index contributed by atoms with van der Waals surface area (Å²) in [7, 11) is 0. The van der Waals surface area contributed by atoms with Crippen LogP contribution in [-0.4, -0.2) is 17.5 Å². The van der Waals surface area contributed by atoms with Crippen LogP contribution in [0.4, 0.5) is 10.5 Å². The van der Waals surface area contributed by atoms with Gasteiger partial charge in [0.15, 0.2) is 0 Å². The van der Waals surface area contributed by atoms with Crippen molar-refractivity contribution >= 4 is 11.7 Å². The second kappa shape index (κ2) is 8.24. The number of rotatable bonds is 4. The van der Waals surface area contributed by atoms with Crippen LogP contribution < -0.4 is 5.32 Å². The molecule has 1 unspecified atom stereocenters. The number of nitrogens with zero attached hydrogens (tertiary/aromatic N) is 1. The number of carbonyl (C=O) groups is 1. The SMILES string of the molecule is C#CC(C)(Cc1cccc(C#CCC)c1)c1ccc2c(c1)NC(=O)N(CC)C2. The van der Waals surface area contributed by atoms with E-state index in [2.05, 4.69) is 54.3 Å². The quantitative estimate of drug-likeness (QED) is 0.759. The summed E-state index contributed by atoms with van der Waals surface area (Å²) >= 11 is 0. The zero-order chi connectivity index (χ0) is 20.1. The van der Waals surface area contributed by atoms with Crippen LogP contribution >= 0.6 is 0 Å². The van der Waals surface area contributed by atoms with Crippen molar-refractivity contribution in [3.63, 3.8) is 0 Å². The maximum Gasteiger partial charge on any atom is 0.322 e. The molecule has 2 aromatic rings. The monoisotopic (exact) mass is 370 g/mol. The van der Waals surface area contributed by atoms with Gasteiger partial charge in [-0.1, -0.05) is 49.0 Å². The van der Waals surface area contributed by atoms with Gasteiger partial charge in [0.2, 0.25) is 0 Å². The Hall–Kier alpha value is -3.17. The molecule has 142 valence electrons. The molecule has 0 aromatic heterocycles. The highest BCUT2D eigenvalue weighted by molar-refractivity contribution is 5.92. The van der Waals surface area contributed by atoms with Crippen molar-refractivity contribution in [3.8, 4) is 24.2 Å². The van der Waals surface area contributed by atoms with Gasteiger partial charge in [-0.25, -0.2) is 4.79 Å². The van der Waals surface area contributed by atoms with Gasteiger partial charge in [-0.15, -0.1) is 6.42 Å². The second-order valence-electron chi connectivity index (χ2n) is 7.33. The average molecular weight is 370 g/mol. The first-order chi connectivity index (χ1) is 13.5. The van der Waals surface area contributed by atoms with E-state index in [1.807, 2.05) is 32.0 Å². The van der Waals surface area contributed by atoms with Crippen molar-refractivity contribution in [3.05, 3.63) is 64.7 Å². The summed E-state index contributed by atoms with van der Waals surface area (Å²) < 4.78 is 0. The Bertz CT molecular complexity index is 990. The maximum atomic E-state index is 12.2. The molecule has 0 saturated carbocycles. The molecule has 3 nitrogen and oxygen atoms in total. The maximum absolute atomic E-state index is 12.2. The number of terminal acetylenes is 1. The number of hydrogen-bond acceptors (Lipinski definition) is 1. The third kappa shape index (κ3) is 4.05. The fourth-order valence-electron chi connectivity index (χ4n) is 3.50. The van der Waals surface area contributed by atoms with E-state index in [4.69, 9.17) is 6.42 Å². The Morgan fingerprint density at radius 3 is 2.75 bits per heavy atom. The summed E-state index contributed by atoms with van der Waals surface area (Å²) in [6.07, 6.45) is 7.52. The minimum atomic E-state index is -0.474. The van der Waals surface area contributed by atoms with Gasteiger partial charge in [0.05, 0.1) is 5.41 Å². The van der Waals surface area contributed by atoms with Gasteiger partial charge in [-0.2, -0.15) is 0 Å². The number of anilines is 1. The lowest BCUT2D eigenvalue weighted by Crippen LogP contribution is -2.38. The highest BCUT2D eigenvalue weighted by Crippen LogP contribution is 2.33. The van der Waals surface area contributed by atoms with Crippen molar-refractivity contribution in [2.75, 3.05) is 11.9 Å². The average Bonchev–Trinajstić information content (AvgIpc) is 2.71. The Morgan fingerprint density at radius 2 is 2.04 bits per heavy atom. The second-order valence-corrected chi connectivity index (χ2v) is 7.33. The fraction of sp³-hybridized carbons (Fsp3) is 0.320. The molecule has 0 radical (unpaired) electrons. The molecule has 3 rings (SSSR count). The van der Waals surface area contributed by atoms with E-state index >= 15 is 0 Å². The summed E-state index contributed by atoms with van der Waals surface area (Å²) in [5.41, 5.74) is 4.69. The van der Waals surface area contributed by atoms with Crippen molar-refractivity contribution in [1.29, 1.82) is 0 Å². The molecule has 1 aliphatic rings. The van der Waals surface area contributed by atoms with Gasteiger partial charge in [0.25, 0.3) is 0 Å². The Balaban J connectivity index is 1.90. The van der Waals surface area contributed by atoms with Crippen molar-refractivity contribution < 1.29 is 4.79 Å². The van der Waals surface area contributed by atoms with Gasteiger partial charge in [-0.3, -0.25) is 0 Å². The van der Waals surface area contributed by atoms with E-state index in [9.17, 15) is 4.79 Å². The normalized spacial score (nSPS) is 14.8. The predicted octanol–water partition coefficient (Wildman–Crippen LogP) is 4.95. The van der Waals surface area contributed by atoms with Crippen LogP contribution in [0.3, 0.4) is 0 Å². The zero-order valence-electron chi connectivity index (χ0n) is 16.8. The minimum Gasteiger partial charge on any atom is -0.320 e. The zero-order valence-corrected chi connectivity index (χ0v) is 16.8. The molecule has 2 amide bonds. The summed E-state index contributed by atoms with van der Waals surface area (Å²) in [6.45, 7) is 7.41. The Labute approximate surface area is 168 Å². The summed E-state index contributed by atoms with van der Waals surface area (Å²) in [6, 6.07) is 14.4. The number of benzene rings is 2. The van der Waals surface area contributed by atoms with Gasteiger partial charge >= 0.3 is 6.03 Å². The Kier molecular flexibility index (Phi) is 5.76.